The minimum absolute atomic E-state index is 0.128. The van der Waals surface area contributed by atoms with Gasteiger partial charge in [0.1, 0.15) is 5.82 Å². The number of methoxy groups -OCH3 is 1. The maximum absolute atomic E-state index is 13.9. The number of aromatic nitrogens is 5. The molecular formula is C20H17F3N8O2. The van der Waals surface area contributed by atoms with Crippen LogP contribution in [0.5, 0.6) is 5.88 Å². The normalized spacial score (nSPS) is 14.2. The highest BCUT2D eigenvalue weighted by atomic mass is 19.4. The summed E-state index contributed by atoms with van der Waals surface area (Å²) in [7, 11) is 1.35. The number of nitriles is 1. The van der Waals surface area contributed by atoms with E-state index < -0.39 is 23.3 Å². The van der Waals surface area contributed by atoms with Crippen molar-refractivity contribution < 1.29 is 22.7 Å². The summed E-state index contributed by atoms with van der Waals surface area (Å²) in [6.45, 7) is 1.07. The molecule has 0 unspecified atom stereocenters. The zero-order valence-electron chi connectivity index (χ0n) is 17.3. The molecule has 1 aliphatic rings. The summed E-state index contributed by atoms with van der Waals surface area (Å²) in [5.41, 5.74) is -1.35. The van der Waals surface area contributed by atoms with Crippen LogP contribution in [0.1, 0.15) is 21.6 Å². The number of pyridine rings is 1. The summed E-state index contributed by atoms with van der Waals surface area (Å²) in [6, 6.07) is 7.85. The van der Waals surface area contributed by atoms with Gasteiger partial charge in [0.2, 0.25) is 5.88 Å². The third-order valence-corrected chi connectivity index (χ3v) is 5.09. The van der Waals surface area contributed by atoms with E-state index in [9.17, 15) is 18.0 Å². The van der Waals surface area contributed by atoms with Gasteiger partial charge < -0.3 is 14.5 Å². The smallest absolute Gasteiger partial charge is 0.434 e. The molecule has 4 heterocycles. The summed E-state index contributed by atoms with van der Waals surface area (Å²) in [6.07, 6.45) is -2.45. The molecule has 10 nitrogen and oxygen atoms in total. The van der Waals surface area contributed by atoms with Gasteiger partial charge in [0.15, 0.2) is 11.5 Å². The molecule has 33 heavy (non-hydrogen) atoms. The molecule has 0 N–H and O–H groups in total. The van der Waals surface area contributed by atoms with Gasteiger partial charge in [-0.2, -0.15) is 23.5 Å². The molecule has 0 aliphatic carbocycles. The first kappa shape index (κ1) is 22.0. The number of nitrogens with zero attached hydrogens (tertiary/aromatic N) is 8. The molecule has 1 fully saturated rings. The molecule has 1 aliphatic heterocycles. The lowest BCUT2D eigenvalue weighted by Crippen LogP contribution is -2.49. The van der Waals surface area contributed by atoms with E-state index in [0.717, 1.165) is 6.20 Å². The Morgan fingerprint density at radius 1 is 1.12 bits per heavy atom. The van der Waals surface area contributed by atoms with Crippen molar-refractivity contribution in [3.05, 3.63) is 53.5 Å². The van der Waals surface area contributed by atoms with E-state index in [2.05, 4.69) is 20.3 Å². The maximum Gasteiger partial charge on any atom is 0.434 e. The first-order valence-electron chi connectivity index (χ1n) is 9.75. The molecular weight excluding hydrogens is 441 g/mol. The lowest BCUT2D eigenvalue weighted by Gasteiger charge is -2.35. The van der Waals surface area contributed by atoms with E-state index in [0.29, 0.717) is 29.2 Å². The second-order valence-corrected chi connectivity index (χ2v) is 7.04. The van der Waals surface area contributed by atoms with Crippen molar-refractivity contribution in [3.8, 4) is 17.8 Å². The van der Waals surface area contributed by atoms with Crippen molar-refractivity contribution in [2.24, 2.45) is 0 Å². The lowest BCUT2D eigenvalue weighted by molar-refractivity contribution is -0.143. The number of ether oxygens (including phenoxy) is 1. The Labute approximate surface area is 185 Å². The Balaban J connectivity index is 1.56. The summed E-state index contributed by atoms with van der Waals surface area (Å²) in [5, 5.41) is 20.2. The van der Waals surface area contributed by atoms with Crippen molar-refractivity contribution in [1.82, 2.24) is 29.9 Å². The Kier molecular flexibility index (Phi) is 5.82. The number of rotatable bonds is 4. The largest absolute Gasteiger partial charge is 0.480 e. The number of amides is 1. The minimum Gasteiger partial charge on any atom is -0.480 e. The highest BCUT2D eigenvalue weighted by Crippen LogP contribution is 2.34. The number of carbonyl (C=O) groups is 1. The molecule has 13 heteroatoms. The molecule has 0 saturated carbocycles. The van der Waals surface area contributed by atoms with Crippen LogP contribution in [0.3, 0.4) is 0 Å². The zero-order chi connectivity index (χ0) is 23.6. The first-order chi connectivity index (χ1) is 15.8. The van der Waals surface area contributed by atoms with E-state index in [-0.39, 0.29) is 24.8 Å². The first-order valence-corrected chi connectivity index (χ1v) is 9.75. The summed E-state index contributed by atoms with van der Waals surface area (Å²) in [5.74, 6) is -0.282. The van der Waals surface area contributed by atoms with Crippen molar-refractivity contribution in [2.75, 3.05) is 38.2 Å². The van der Waals surface area contributed by atoms with E-state index >= 15 is 0 Å². The van der Waals surface area contributed by atoms with Gasteiger partial charge in [0.05, 0.1) is 30.5 Å². The number of hydrogen-bond acceptors (Lipinski definition) is 8. The van der Waals surface area contributed by atoms with Gasteiger partial charge in [0.25, 0.3) is 5.91 Å². The Morgan fingerprint density at radius 2 is 1.88 bits per heavy atom. The molecule has 0 radical (unpaired) electrons. The quantitative estimate of drug-likeness (QED) is 0.583. The highest BCUT2D eigenvalue weighted by Gasteiger charge is 2.42. The number of alkyl halides is 3. The van der Waals surface area contributed by atoms with Gasteiger partial charge in [-0.3, -0.25) is 4.79 Å². The summed E-state index contributed by atoms with van der Waals surface area (Å²) in [4.78, 5) is 20.4. The SMILES string of the molecule is COc1ccc(-n2ncc(C(=O)N3CCN(c4cc(C#N)ccn4)CC3)c2C(F)(F)F)nn1. The Bertz CT molecular complexity index is 1200. The summed E-state index contributed by atoms with van der Waals surface area (Å²) >= 11 is 0. The van der Waals surface area contributed by atoms with Crippen LogP contribution in [0.4, 0.5) is 19.0 Å². The van der Waals surface area contributed by atoms with Gasteiger partial charge in [-0.1, -0.05) is 0 Å². The fraction of sp³-hybridized carbons (Fsp3) is 0.300. The molecule has 0 atom stereocenters. The van der Waals surface area contributed by atoms with Crippen LogP contribution < -0.4 is 9.64 Å². The van der Waals surface area contributed by atoms with Crippen molar-refractivity contribution in [3.63, 3.8) is 0 Å². The van der Waals surface area contributed by atoms with Crippen LogP contribution in [0.2, 0.25) is 0 Å². The number of anilines is 1. The van der Waals surface area contributed by atoms with Crippen LogP contribution >= 0.6 is 0 Å². The van der Waals surface area contributed by atoms with E-state index in [1.54, 1.807) is 12.1 Å². The van der Waals surface area contributed by atoms with E-state index in [4.69, 9.17) is 10.00 Å². The van der Waals surface area contributed by atoms with Gasteiger partial charge in [-0.15, -0.1) is 10.2 Å². The second-order valence-electron chi connectivity index (χ2n) is 7.04. The van der Waals surface area contributed by atoms with Crippen LogP contribution in [0.25, 0.3) is 5.82 Å². The average Bonchev–Trinajstić information content (AvgIpc) is 3.30. The molecule has 170 valence electrons. The molecule has 1 amide bonds. The van der Waals surface area contributed by atoms with E-state index in [1.807, 2.05) is 11.0 Å². The zero-order valence-corrected chi connectivity index (χ0v) is 17.3. The summed E-state index contributed by atoms with van der Waals surface area (Å²) < 4.78 is 47.1. The molecule has 1 saturated heterocycles. The molecule has 0 bridgehead atoms. The van der Waals surface area contributed by atoms with Crippen molar-refractivity contribution in [2.45, 2.75) is 6.18 Å². The topological polar surface area (TPSA) is 113 Å². The fourth-order valence-electron chi connectivity index (χ4n) is 3.46. The van der Waals surface area contributed by atoms with Crippen LogP contribution in [-0.2, 0) is 6.18 Å². The Morgan fingerprint density at radius 3 is 2.48 bits per heavy atom. The van der Waals surface area contributed by atoms with Crippen molar-refractivity contribution >= 4 is 11.7 Å². The molecule has 0 aromatic carbocycles. The monoisotopic (exact) mass is 458 g/mol. The standard InChI is InChI=1S/C20H17F3N8O2/c1-33-17-3-2-15(27-28-17)31-18(20(21,22)23)14(12-26-31)19(32)30-8-6-29(7-9-30)16-10-13(11-24)4-5-25-16/h2-5,10,12H,6-9H2,1H3. The number of piperazine rings is 1. The van der Waals surface area contributed by atoms with Crippen LogP contribution in [0.15, 0.2) is 36.7 Å². The van der Waals surface area contributed by atoms with Gasteiger partial charge in [-0.05, 0) is 18.2 Å². The third kappa shape index (κ3) is 4.40. The number of hydrogen-bond donors (Lipinski definition) is 0. The van der Waals surface area contributed by atoms with Crippen molar-refractivity contribution in [1.29, 1.82) is 5.26 Å². The number of carbonyl (C=O) groups excluding carboxylic acids is 1. The molecule has 3 aromatic rings. The molecule has 3 aromatic heterocycles. The average molecular weight is 458 g/mol. The van der Waals surface area contributed by atoms with E-state index in [1.165, 1.54) is 30.3 Å². The van der Waals surface area contributed by atoms with Gasteiger partial charge in [-0.25, -0.2) is 9.67 Å². The van der Waals surface area contributed by atoms with Gasteiger partial charge >= 0.3 is 6.18 Å². The fourth-order valence-corrected chi connectivity index (χ4v) is 3.46. The predicted molar refractivity (Wildman–Crippen MR) is 108 cm³/mol. The molecule has 0 spiro atoms. The highest BCUT2D eigenvalue weighted by molar-refractivity contribution is 5.95. The Hall–Kier alpha value is -4.21. The minimum atomic E-state index is -4.85. The lowest BCUT2D eigenvalue weighted by atomic mass is 10.2. The van der Waals surface area contributed by atoms with Gasteiger partial charge in [0, 0.05) is 38.4 Å². The molecule has 4 rings (SSSR count). The predicted octanol–water partition coefficient (Wildman–Crippen LogP) is 1.92. The van der Waals surface area contributed by atoms with Crippen LogP contribution in [0, 0.1) is 11.3 Å². The second kappa shape index (κ2) is 8.73. The number of halogens is 3. The maximum atomic E-state index is 13.9. The third-order valence-electron chi connectivity index (χ3n) is 5.09. The van der Waals surface area contributed by atoms with Crippen LogP contribution in [-0.4, -0.2) is 69.1 Å².